The van der Waals surface area contributed by atoms with Gasteiger partial charge in [-0.15, -0.1) is 0 Å². The third kappa shape index (κ3) is 5.85. The standard InChI is InChI=1S/C12H22O4/c1-5-16-12(14)10(7-6-9(2)3)11(13)8-15-4/h9-10H,5-8H2,1-4H3/t10-/m1/s1. The molecule has 0 aromatic rings. The summed E-state index contributed by atoms with van der Waals surface area (Å²) in [6.07, 6.45) is 1.37. The zero-order chi connectivity index (χ0) is 12.6. The van der Waals surface area contributed by atoms with Crippen LogP contribution in [0.15, 0.2) is 0 Å². The highest BCUT2D eigenvalue weighted by atomic mass is 16.5. The smallest absolute Gasteiger partial charge is 0.316 e. The lowest BCUT2D eigenvalue weighted by Gasteiger charge is -2.15. The van der Waals surface area contributed by atoms with Crippen molar-refractivity contribution in [1.82, 2.24) is 0 Å². The molecule has 0 aromatic heterocycles. The Hall–Kier alpha value is -0.900. The van der Waals surface area contributed by atoms with Crippen molar-refractivity contribution in [2.24, 2.45) is 11.8 Å². The molecule has 0 heterocycles. The van der Waals surface area contributed by atoms with Gasteiger partial charge in [0.1, 0.15) is 12.5 Å². The molecule has 0 amide bonds. The first kappa shape index (κ1) is 15.1. The number of Topliss-reactive ketones (excluding diaryl/α,β-unsaturated/α-hetero) is 1. The summed E-state index contributed by atoms with van der Waals surface area (Å²) in [6.45, 7) is 6.13. The molecule has 0 saturated heterocycles. The summed E-state index contributed by atoms with van der Waals surface area (Å²) in [6, 6.07) is 0. The highest BCUT2D eigenvalue weighted by Crippen LogP contribution is 2.15. The predicted octanol–water partition coefficient (Wildman–Crippen LogP) is 1.82. The first-order chi connectivity index (χ1) is 7.52. The fourth-order valence-electron chi connectivity index (χ4n) is 1.40. The average molecular weight is 230 g/mol. The van der Waals surface area contributed by atoms with Crippen molar-refractivity contribution in [3.63, 3.8) is 0 Å². The van der Waals surface area contributed by atoms with Crippen LogP contribution in [0.3, 0.4) is 0 Å². The zero-order valence-corrected chi connectivity index (χ0v) is 10.6. The SMILES string of the molecule is CCOC(=O)[C@H](CCC(C)C)C(=O)COC. The molecule has 0 fully saturated rings. The molecule has 4 heteroatoms. The van der Waals surface area contributed by atoms with E-state index in [4.69, 9.17) is 9.47 Å². The summed E-state index contributed by atoms with van der Waals surface area (Å²) in [5, 5.41) is 0. The van der Waals surface area contributed by atoms with Gasteiger partial charge in [-0.2, -0.15) is 0 Å². The van der Waals surface area contributed by atoms with Crippen LogP contribution in [0.4, 0.5) is 0 Å². The Bertz CT molecular complexity index is 205. The van der Waals surface area contributed by atoms with E-state index in [-0.39, 0.29) is 12.4 Å². The number of carbonyl (C=O) groups excluding carboxylic acids is 2. The van der Waals surface area contributed by atoms with Crippen molar-refractivity contribution < 1.29 is 19.1 Å². The minimum absolute atomic E-state index is 0.0262. The Kier molecular flexibility index (Phi) is 7.81. The van der Waals surface area contributed by atoms with E-state index in [0.29, 0.717) is 18.9 Å². The molecule has 94 valence electrons. The van der Waals surface area contributed by atoms with Crippen LogP contribution in [0.1, 0.15) is 33.6 Å². The Morgan fingerprint density at radius 2 is 1.81 bits per heavy atom. The van der Waals surface area contributed by atoms with Crippen LogP contribution in [0, 0.1) is 11.8 Å². The van der Waals surface area contributed by atoms with Crippen molar-refractivity contribution in [2.45, 2.75) is 33.6 Å². The van der Waals surface area contributed by atoms with Gasteiger partial charge in [0.05, 0.1) is 6.61 Å². The highest BCUT2D eigenvalue weighted by molar-refractivity contribution is 5.99. The van der Waals surface area contributed by atoms with E-state index in [0.717, 1.165) is 6.42 Å². The number of hydrogen-bond donors (Lipinski definition) is 0. The minimum atomic E-state index is -0.665. The van der Waals surface area contributed by atoms with Crippen molar-refractivity contribution >= 4 is 11.8 Å². The fraction of sp³-hybridized carbons (Fsp3) is 0.833. The molecule has 0 unspecified atom stereocenters. The molecular formula is C12H22O4. The third-order valence-electron chi connectivity index (χ3n) is 2.28. The molecule has 0 aromatic carbocycles. The second kappa shape index (κ2) is 8.28. The summed E-state index contributed by atoms with van der Waals surface area (Å²) in [5.74, 6) is -0.818. The van der Waals surface area contributed by atoms with Crippen molar-refractivity contribution in [3.8, 4) is 0 Å². The molecule has 0 aliphatic rings. The van der Waals surface area contributed by atoms with Crippen molar-refractivity contribution in [2.75, 3.05) is 20.3 Å². The van der Waals surface area contributed by atoms with Gasteiger partial charge in [-0.3, -0.25) is 9.59 Å². The van der Waals surface area contributed by atoms with E-state index in [1.54, 1.807) is 6.92 Å². The number of ketones is 1. The molecule has 0 aliphatic heterocycles. The molecule has 0 saturated carbocycles. The second-order valence-corrected chi connectivity index (χ2v) is 4.18. The van der Waals surface area contributed by atoms with Gasteiger partial charge in [0.15, 0.2) is 5.78 Å². The van der Waals surface area contributed by atoms with Crippen LogP contribution in [0.25, 0.3) is 0 Å². The van der Waals surface area contributed by atoms with Gasteiger partial charge in [-0.1, -0.05) is 13.8 Å². The maximum absolute atomic E-state index is 11.6. The van der Waals surface area contributed by atoms with E-state index in [1.165, 1.54) is 7.11 Å². The maximum atomic E-state index is 11.6. The number of carbonyl (C=O) groups is 2. The molecule has 0 bridgehead atoms. The molecule has 0 radical (unpaired) electrons. The van der Waals surface area contributed by atoms with E-state index in [2.05, 4.69) is 13.8 Å². The van der Waals surface area contributed by atoms with E-state index in [1.807, 2.05) is 0 Å². The Balaban J connectivity index is 4.37. The molecular weight excluding hydrogens is 208 g/mol. The summed E-state index contributed by atoms with van der Waals surface area (Å²) in [7, 11) is 1.45. The summed E-state index contributed by atoms with van der Waals surface area (Å²) in [5.41, 5.74) is 0. The summed E-state index contributed by atoms with van der Waals surface area (Å²) in [4.78, 5) is 23.2. The van der Waals surface area contributed by atoms with Crippen molar-refractivity contribution in [3.05, 3.63) is 0 Å². The van der Waals surface area contributed by atoms with Gasteiger partial charge >= 0.3 is 5.97 Å². The molecule has 0 rings (SSSR count). The Morgan fingerprint density at radius 3 is 2.25 bits per heavy atom. The highest BCUT2D eigenvalue weighted by Gasteiger charge is 2.27. The van der Waals surface area contributed by atoms with Crippen LogP contribution in [0.5, 0.6) is 0 Å². The van der Waals surface area contributed by atoms with Gasteiger partial charge in [-0.05, 0) is 25.7 Å². The molecule has 0 spiro atoms. The minimum Gasteiger partial charge on any atom is -0.465 e. The zero-order valence-electron chi connectivity index (χ0n) is 10.6. The van der Waals surface area contributed by atoms with Gasteiger partial charge in [-0.25, -0.2) is 0 Å². The van der Waals surface area contributed by atoms with Crippen LogP contribution in [-0.4, -0.2) is 32.1 Å². The number of hydrogen-bond acceptors (Lipinski definition) is 4. The lowest BCUT2D eigenvalue weighted by atomic mass is 9.94. The summed E-state index contributed by atoms with van der Waals surface area (Å²) >= 11 is 0. The maximum Gasteiger partial charge on any atom is 0.316 e. The molecule has 0 aliphatic carbocycles. The van der Waals surface area contributed by atoms with Crippen LogP contribution in [0.2, 0.25) is 0 Å². The second-order valence-electron chi connectivity index (χ2n) is 4.18. The topological polar surface area (TPSA) is 52.6 Å². The number of rotatable bonds is 8. The Labute approximate surface area is 97.3 Å². The van der Waals surface area contributed by atoms with Gasteiger partial charge in [0.2, 0.25) is 0 Å². The van der Waals surface area contributed by atoms with Crippen LogP contribution in [-0.2, 0) is 19.1 Å². The lowest BCUT2D eigenvalue weighted by molar-refractivity contribution is -0.152. The predicted molar refractivity (Wildman–Crippen MR) is 61.1 cm³/mol. The number of esters is 1. The fourth-order valence-corrected chi connectivity index (χ4v) is 1.40. The number of methoxy groups -OCH3 is 1. The number of ether oxygens (including phenoxy) is 2. The first-order valence-electron chi connectivity index (χ1n) is 5.71. The molecule has 0 N–H and O–H groups in total. The molecule has 4 nitrogen and oxygen atoms in total. The first-order valence-corrected chi connectivity index (χ1v) is 5.71. The quantitative estimate of drug-likeness (QED) is 0.471. The third-order valence-corrected chi connectivity index (χ3v) is 2.28. The van der Waals surface area contributed by atoms with Gasteiger partial charge in [0, 0.05) is 7.11 Å². The normalized spacial score (nSPS) is 12.6. The van der Waals surface area contributed by atoms with Crippen molar-refractivity contribution in [1.29, 1.82) is 0 Å². The monoisotopic (exact) mass is 230 g/mol. The van der Waals surface area contributed by atoms with Gasteiger partial charge in [0.25, 0.3) is 0 Å². The molecule has 1 atom stereocenters. The van der Waals surface area contributed by atoms with E-state index >= 15 is 0 Å². The average Bonchev–Trinajstić information content (AvgIpc) is 2.18. The van der Waals surface area contributed by atoms with Crippen LogP contribution < -0.4 is 0 Å². The Morgan fingerprint density at radius 1 is 1.19 bits per heavy atom. The van der Waals surface area contributed by atoms with E-state index in [9.17, 15) is 9.59 Å². The largest absolute Gasteiger partial charge is 0.465 e. The van der Waals surface area contributed by atoms with E-state index < -0.39 is 11.9 Å². The molecule has 16 heavy (non-hydrogen) atoms. The summed E-state index contributed by atoms with van der Waals surface area (Å²) < 4.78 is 9.65. The van der Waals surface area contributed by atoms with Crippen LogP contribution >= 0.6 is 0 Å². The van der Waals surface area contributed by atoms with Gasteiger partial charge < -0.3 is 9.47 Å². The lowest BCUT2D eigenvalue weighted by Crippen LogP contribution is -2.29.